The lowest BCUT2D eigenvalue weighted by molar-refractivity contribution is 0.171. The summed E-state index contributed by atoms with van der Waals surface area (Å²) in [5, 5.41) is 9.99. The van der Waals surface area contributed by atoms with Gasteiger partial charge in [-0.05, 0) is 35.9 Å². The topological polar surface area (TPSA) is 20.2 Å². The molecule has 2 aromatic rings. The summed E-state index contributed by atoms with van der Waals surface area (Å²) in [5.74, 6) is -1.83. The molecule has 0 heterocycles. The highest BCUT2D eigenvalue weighted by atomic mass is 79.9. The first-order valence-corrected chi connectivity index (χ1v) is 6.34. The average molecular weight is 331 g/mol. The van der Waals surface area contributed by atoms with E-state index in [1.54, 1.807) is 6.07 Å². The van der Waals surface area contributed by atoms with Crippen molar-refractivity contribution in [2.75, 3.05) is 0 Å². The third kappa shape index (κ3) is 3.16. The Morgan fingerprint density at radius 1 is 1.05 bits per heavy atom. The van der Waals surface area contributed by atoms with Crippen molar-refractivity contribution in [2.24, 2.45) is 0 Å². The Bertz CT molecular complexity index is 581. The van der Waals surface area contributed by atoms with Crippen LogP contribution in [-0.4, -0.2) is 5.11 Å². The Morgan fingerprint density at radius 3 is 2.47 bits per heavy atom. The number of halogens is 4. The molecule has 0 saturated carbocycles. The lowest BCUT2D eigenvalue weighted by atomic mass is 10.0. The first kappa shape index (κ1) is 14.1. The van der Waals surface area contributed by atoms with Crippen LogP contribution in [0.1, 0.15) is 17.2 Å². The fourth-order valence-corrected chi connectivity index (χ4v) is 2.45. The molecule has 1 atom stereocenters. The molecule has 0 spiro atoms. The van der Waals surface area contributed by atoms with Crippen molar-refractivity contribution in [1.29, 1.82) is 0 Å². The Balaban J connectivity index is 2.31. The maximum atomic E-state index is 13.6. The summed E-state index contributed by atoms with van der Waals surface area (Å²) in [7, 11) is 0. The van der Waals surface area contributed by atoms with Crippen LogP contribution in [0.5, 0.6) is 0 Å². The molecular formula is C14H10BrF3O. The highest BCUT2D eigenvalue weighted by molar-refractivity contribution is 9.10. The summed E-state index contributed by atoms with van der Waals surface area (Å²) in [5.41, 5.74) is 0.0359. The van der Waals surface area contributed by atoms with Gasteiger partial charge in [-0.15, -0.1) is 0 Å². The van der Waals surface area contributed by atoms with Crippen molar-refractivity contribution in [3.63, 3.8) is 0 Å². The van der Waals surface area contributed by atoms with Gasteiger partial charge in [0.05, 0.1) is 6.10 Å². The molecule has 2 rings (SSSR count). The molecule has 0 saturated heterocycles. The van der Waals surface area contributed by atoms with Crippen LogP contribution in [-0.2, 0) is 6.42 Å². The molecule has 19 heavy (non-hydrogen) atoms. The first-order chi connectivity index (χ1) is 8.99. The second kappa shape index (κ2) is 5.75. The molecule has 1 N–H and O–H groups in total. The van der Waals surface area contributed by atoms with Gasteiger partial charge in [-0.1, -0.05) is 22.0 Å². The van der Waals surface area contributed by atoms with Crippen molar-refractivity contribution in [2.45, 2.75) is 12.5 Å². The maximum Gasteiger partial charge on any atom is 0.130 e. The predicted octanol–water partition coefficient (Wildman–Crippen LogP) is 4.14. The van der Waals surface area contributed by atoms with Gasteiger partial charge in [-0.2, -0.15) is 0 Å². The van der Waals surface area contributed by atoms with E-state index in [2.05, 4.69) is 15.9 Å². The van der Waals surface area contributed by atoms with Crippen molar-refractivity contribution in [1.82, 2.24) is 0 Å². The number of hydrogen-bond acceptors (Lipinski definition) is 1. The quantitative estimate of drug-likeness (QED) is 0.896. The van der Waals surface area contributed by atoms with Crippen LogP contribution in [0.3, 0.4) is 0 Å². The number of benzene rings is 2. The minimum absolute atomic E-state index is 0.00246. The molecule has 0 amide bonds. The van der Waals surface area contributed by atoms with E-state index >= 15 is 0 Å². The van der Waals surface area contributed by atoms with Crippen LogP contribution in [0.15, 0.2) is 40.9 Å². The van der Waals surface area contributed by atoms with E-state index in [-0.39, 0.29) is 17.5 Å². The normalized spacial score (nSPS) is 12.5. The molecule has 2 aromatic carbocycles. The zero-order valence-electron chi connectivity index (χ0n) is 9.71. The summed E-state index contributed by atoms with van der Waals surface area (Å²) in [6.45, 7) is 0. The van der Waals surface area contributed by atoms with E-state index in [4.69, 9.17) is 0 Å². The highest BCUT2D eigenvalue weighted by Gasteiger charge is 2.18. The third-order valence-electron chi connectivity index (χ3n) is 2.75. The van der Waals surface area contributed by atoms with Crippen LogP contribution in [0.2, 0.25) is 0 Å². The van der Waals surface area contributed by atoms with Gasteiger partial charge in [0.2, 0.25) is 0 Å². The van der Waals surface area contributed by atoms with Gasteiger partial charge in [0.25, 0.3) is 0 Å². The van der Waals surface area contributed by atoms with Crippen LogP contribution in [0.4, 0.5) is 13.2 Å². The third-order valence-corrected chi connectivity index (χ3v) is 3.45. The van der Waals surface area contributed by atoms with Gasteiger partial charge in [0.15, 0.2) is 0 Å². The summed E-state index contributed by atoms with van der Waals surface area (Å²) in [4.78, 5) is 0. The van der Waals surface area contributed by atoms with Crippen LogP contribution in [0.25, 0.3) is 0 Å². The minimum Gasteiger partial charge on any atom is -0.388 e. The van der Waals surface area contributed by atoms with Crippen LogP contribution >= 0.6 is 15.9 Å². The highest BCUT2D eigenvalue weighted by Crippen LogP contribution is 2.29. The van der Waals surface area contributed by atoms with Gasteiger partial charge in [-0.25, -0.2) is 13.2 Å². The Hall–Kier alpha value is -1.33. The minimum atomic E-state index is -1.26. The van der Waals surface area contributed by atoms with Crippen molar-refractivity contribution >= 4 is 15.9 Å². The fourth-order valence-electron chi connectivity index (χ4n) is 1.84. The fraction of sp³-hybridized carbons (Fsp3) is 0.143. The van der Waals surface area contributed by atoms with E-state index in [0.29, 0.717) is 4.47 Å². The second-order valence-corrected chi connectivity index (χ2v) is 4.95. The number of hydrogen-bond donors (Lipinski definition) is 1. The van der Waals surface area contributed by atoms with Gasteiger partial charge in [0.1, 0.15) is 17.5 Å². The predicted molar refractivity (Wildman–Crippen MR) is 69.1 cm³/mol. The second-order valence-electron chi connectivity index (χ2n) is 4.09. The van der Waals surface area contributed by atoms with Crippen molar-refractivity contribution in [3.05, 3.63) is 69.4 Å². The van der Waals surface area contributed by atoms with Gasteiger partial charge in [-0.3, -0.25) is 0 Å². The standard InChI is InChI=1S/C14H10BrF3O/c15-10-2-1-3-12(18)14(10)13(19)7-8-6-9(16)4-5-11(8)17/h1-6,13,19H,7H2. The van der Waals surface area contributed by atoms with Gasteiger partial charge in [0, 0.05) is 16.5 Å². The largest absolute Gasteiger partial charge is 0.388 e. The molecule has 0 fully saturated rings. The zero-order valence-corrected chi connectivity index (χ0v) is 11.3. The SMILES string of the molecule is OC(Cc1cc(F)ccc1F)c1c(F)cccc1Br. The summed E-state index contributed by atoms with van der Waals surface area (Å²) >= 11 is 3.13. The molecule has 0 aliphatic heterocycles. The van der Waals surface area contributed by atoms with Crippen molar-refractivity contribution in [3.8, 4) is 0 Å². The Labute approximate surface area is 116 Å². The van der Waals surface area contributed by atoms with Gasteiger partial charge < -0.3 is 5.11 Å². The lowest BCUT2D eigenvalue weighted by Gasteiger charge is -2.14. The molecule has 5 heteroatoms. The monoisotopic (exact) mass is 330 g/mol. The summed E-state index contributed by atoms with van der Waals surface area (Å²) in [6, 6.07) is 7.22. The van der Waals surface area contributed by atoms with Crippen molar-refractivity contribution < 1.29 is 18.3 Å². The number of aliphatic hydroxyl groups excluding tert-OH is 1. The Morgan fingerprint density at radius 2 is 1.79 bits per heavy atom. The molecule has 0 aromatic heterocycles. The van der Waals surface area contributed by atoms with E-state index in [9.17, 15) is 18.3 Å². The van der Waals surface area contributed by atoms with E-state index in [1.165, 1.54) is 12.1 Å². The molecule has 0 radical (unpaired) electrons. The average Bonchev–Trinajstić information content (AvgIpc) is 2.33. The van der Waals surface area contributed by atoms with E-state index in [1.807, 2.05) is 0 Å². The lowest BCUT2D eigenvalue weighted by Crippen LogP contribution is -2.07. The molecule has 100 valence electrons. The number of aliphatic hydroxyl groups is 1. The molecule has 1 unspecified atom stereocenters. The maximum absolute atomic E-state index is 13.6. The summed E-state index contributed by atoms with van der Waals surface area (Å²) < 4.78 is 40.5. The smallest absolute Gasteiger partial charge is 0.130 e. The molecule has 0 bridgehead atoms. The van der Waals surface area contributed by atoms with Crippen LogP contribution in [0, 0.1) is 17.5 Å². The molecule has 0 aliphatic rings. The first-order valence-electron chi connectivity index (χ1n) is 5.55. The van der Waals surface area contributed by atoms with E-state index < -0.39 is 23.6 Å². The van der Waals surface area contributed by atoms with Gasteiger partial charge >= 0.3 is 0 Å². The molecule has 1 nitrogen and oxygen atoms in total. The molecular weight excluding hydrogens is 321 g/mol. The molecule has 0 aliphatic carbocycles. The van der Waals surface area contributed by atoms with Crippen LogP contribution < -0.4 is 0 Å². The summed E-state index contributed by atoms with van der Waals surface area (Å²) in [6.07, 6.45) is -1.46. The van der Waals surface area contributed by atoms with E-state index in [0.717, 1.165) is 18.2 Å². The zero-order chi connectivity index (χ0) is 14.0. The number of rotatable bonds is 3. The Kier molecular flexibility index (Phi) is 4.27.